The van der Waals surface area contributed by atoms with E-state index in [4.69, 9.17) is 0 Å². The molecule has 1 N–H and O–H groups in total. The van der Waals surface area contributed by atoms with Crippen LogP contribution in [0.25, 0.3) is 0 Å². The van der Waals surface area contributed by atoms with Gasteiger partial charge < -0.3 is 9.67 Å². The zero-order valence-electron chi connectivity index (χ0n) is 10.9. The Morgan fingerprint density at radius 1 is 1.44 bits per heavy atom. The summed E-state index contributed by atoms with van der Waals surface area (Å²) in [6.45, 7) is 4.12. The maximum atomic E-state index is 10.2. The molecular weight excluding hydrogens is 248 g/mol. The van der Waals surface area contributed by atoms with Gasteiger partial charge in [0.15, 0.2) is 0 Å². The summed E-state index contributed by atoms with van der Waals surface area (Å²) in [7, 11) is 1.96. The van der Waals surface area contributed by atoms with Crippen LogP contribution >= 0.6 is 11.5 Å². The van der Waals surface area contributed by atoms with Crippen LogP contribution in [0.2, 0.25) is 0 Å². The van der Waals surface area contributed by atoms with Crippen molar-refractivity contribution in [1.29, 1.82) is 0 Å². The molecule has 2 rings (SSSR count). The number of aryl methyl sites for hydroxylation is 2. The predicted molar refractivity (Wildman–Crippen MR) is 70.5 cm³/mol. The van der Waals surface area contributed by atoms with Gasteiger partial charge in [-0.05, 0) is 23.9 Å². The second-order valence-electron chi connectivity index (χ2n) is 4.69. The number of rotatable bonds is 5. The van der Waals surface area contributed by atoms with Gasteiger partial charge in [-0.1, -0.05) is 18.3 Å². The molecule has 98 valence electrons. The van der Waals surface area contributed by atoms with Crippen molar-refractivity contribution < 1.29 is 5.11 Å². The Balaban J connectivity index is 2.01. The minimum absolute atomic E-state index is 0.293. The van der Waals surface area contributed by atoms with Crippen LogP contribution in [-0.2, 0) is 13.5 Å². The van der Waals surface area contributed by atoms with Gasteiger partial charge in [0.05, 0.1) is 16.7 Å². The summed E-state index contributed by atoms with van der Waals surface area (Å²) in [6, 6.07) is 0. The molecule has 1 unspecified atom stereocenters. The van der Waals surface area contributed by atoms with Gasteiger partial charge in [0.1, 0.15) is 5.82 Å². The Morgan fingerprint density at radius 2 is 2.22 bits per heavy atom. The van der Waals surface area contributed by atoms with Gasteiger partial charge in [-0.3, -0.25) is 0 Å². The molecule has 0 saturated carbocycles. The van der Waals surface area contributed by atoms with E-state index in [-0.39, 0.29) is 0 Å². The van der Waals surface area contributed by atoms with Gasteiger partial charge in [-0.15, -0.1) is 5.10 Å². The molecule has 2 heterocycles. The summed E-state index contributed by atoms with van der Waals surface area (Å²) < 4.78 is 5.91. The van der Waals surface area contributed by atoms with E-state index >= 15 is 0 Å². The first kappa shape index (κ1) is 13.2. The molecule has 0 amide bonds. The van der Waals surface area contributed by atoms with Crippen molar-refractivity contribution in [2.24, 2.45) is 7.05 Å². The Hall–Kier alpha value is -1.27. The highest BCUT2D eigenvalue weighted by molar-refractivity contribution is 7.05. The van der Waals surface area contributed by atoms with E-state index in [2.05, 4.69) is 28.4 Å². The molecule has 2 aromatic heterocycles. The predicted octanol–water partition coefficient (Wildman–Crippen LogP) is 2.06. The second kappa shape index (κ2) is 5.58. The molecule has 0 aliphatic heterocycles. The number of aromatic nitrogens is 4. The van der Waals surface area contributed by atoms with Gasteiger partial charge in [0.25, 0.3) is 0 Å². The molecule has 2 aromatic rings. The van der Waals surface area contributed by atoms with Crippen LogP contribution < -0.4 is 0 Å². The van der Waals surface area contributed by atoms with Crippen molar-refractivity contribution in [3.8, 4) is 0 Å². The van der Waals surface area contributed by atoms with Crippen molar-refractivity contribution in [1.82, 2.24) is 19.1 Å². The lowest BCUT2D eigenvalue weighted by atomic mass is 10.0. The highest BCUT2D eigenvalue weighted by atomic mass is 32.1. The standard InChI is InChI=1S/C12H18N4OS/c1-8(2)11-12(18-15-14-11)9(17)4-5-10-13-6-7-16(10)3/h6-9,17H,4-5H2,1-3H3. The van der Waals surface area contributed by atoms with Gasteiger partial charge in [0, 0.05) is 25.9 Å². The van der Waals surface area contributed by atoms with Crippen molar-refractivity contribution in [2.45, 2.75) is 38.7 Å². The monoisotopic (exact) mass is 266 g/mol. The van der Waals surface area contributed by atoms with E-state index in [0.717, 1.165) is 22.8 Å². The topological polar surface area (TPSA) is 63.8 Å². The summed E-state index contributed by atoms with van der Waals surface area (Å²) in [6.07, 6.45) is 4.58. The van der Waals surface area contributed by atoms with Crippen LogP contribution in [0.5, 0.6) is 0 Å². The minimum Gasteiger partial charge on any atom is -0.387 e. The largest absolute Gasteiger partial charge is 0.387 e. The van der Waals surface area contributed by atoms with Crippen molar-refractivity contribution in [2.75, 3.05) is 0 Å². The Bertz CT molecular complexity index is 506. The molecule has 18 heavy (non-hydrogen) atoms. The van der Waals surface area contributed by atoms with Crippen LogP contribution in [0.3, 0.4) is 0 Å². The normalized spacial score (nSPS) is 13.2. The van der Waals surface area contributed by atoms with Crippen molar-refractivity contribution in [3.63, 3.8) is 0 Å². The van der Waals surface area contributed by atoms with Crippen LogP contribution in [-0.4, -0.2) is 24.2 Å². The first-order chi connectivity index (χ1) is 8.59. The summed E-state index contributed by atoms with van der Waals surface area (Å²) in [5.74, 6) is 1.28. The van der Waals surface area contributed by atoms with Gasteiger partial charge in [0.2, 0.25) is 0 Å². The van der Waals surface area contributed by atoms with Crippen LogP contribution in [0.1, 0.15) is 48.7 Å². The zero-order chi connectivity index (χ0) is 13.1. The number of hydrogen-bond donors (Lipinski definition) is 1. The third-order valence-electron chi connectivity index (χ3n) is 2.95. The second-order valence-corrected chi connectivity index (χ2v) is 5.47. The van der Waals surface area contributed by atoms with E-state index < -0.39 is 6.10 Å². The lowest BCUT2D eigenvalue weighted by Gasteiger charge is -2.11. The molecule has 5 nitrogen and oxygen atoms in total. The third-order valence-corrected chi connectivity index (χ3v) is 3.79. The lowest BCUT2D eigenvalue weighted by molar-refractivity contribution is 0.169. The quantitative estimate of drug-likeness (QED) is 0.899. The molecule has 0 aliphatic carbocycles. The van der Waals surface area contributed by atoms with Crippen LogP contribution in [0.4, 0.5) is 0 Å². The Morgan fingerprint density at radius 3 is 2.83 bits per heavy atom. The summed E-state index contributed by atoms with van der Waals surface area (Å²) in [5, 5.41) is 14.3. The average molecular weight is 266 g/mol. The van der Waals surface area contributed by atoms with Crippen LogP contribution in [0.15, 0.2) is 12.4 Å². The van der Waals surface area contributed by atoms with E-state index in [9.17, 15) is 5.11 Å². The fourth-order valence-electron chi connectivity index (χ4n) is 1.87. The Labute approximate surface area is 111 Å². The van der Waals surface area contributed by atoms with E-state index in [1.807, 2.05) is 17.8 Å². The molecule has 0 aromatic carbocycles. The average Bonchev–Trinajstić information content (AvgIpc) is 2.94. The van der Waals surface area contributed by atoms with Crippen molar-refractivity contribution >= 4 is 11.5 Å². The van der Waals surface area contributed by atoms with E-state index in [0.29, 0.717) is 12.3 Å². The molecule has 0 bridgehead atoms. The maximum Gasteiger partial charge on any atom is 0.108 e. The highest BCUT2D eigenvalue weighted by Crippen LogP contribution is 2.28. The molecule has 0 aliphatic rings. The molecule has 1 atom stereocenters. The summed E-state index contributed by atoms with van der Waals surface area (Å²) in [5.41, 5.74) is 0.910. The summed E-state index contributed by atoms with van der Waals surface area (Å²) in [4.78, 5) is 5.14. The lowest BCUT2D eigenvalue weighted by Crippen LogP contribution is -2.05. The van der Waals surface area contributed by atoms with E-state index in [1.54, 1.807) is 6.20 Å². The number of nitrogens with zero attached hydrogens (tertiary/aromatic N) is 4. The smallest absolute Gasteiger partial charge is 0.108 e. The van der Waals surface area contributed by atoms with Gasteiger partial charge in [-0.2, -0.15) is 0 Å². The summed E-state index contributed by atoms with van der Waals surface area (Å²) >= 11 is 1.29. The molecule has 0 fully saturated rings. The zero-order valence-corrected chi connectivity index (χ0v) is 11.7. The number of hydrogen-bond acceptors (Lipinski definition) is 5. The van der Waals surface area contributed by atoms with Gasteiger partial charge in [-0.25, -0.2) is 4.98 Å². The number of imidazole rings is 1. The fourth-order valence-corrected chi connectivity index (χ4v) is 2.70. The molecule has 0 saturated heterocycles. The highest BCUT2D eigenvalue weighted by Gasteiger charge is 2.19. The first-order valence-electron chi connectivity index (χ1n) is 6.06. The van der Waals surface area contributed by atoms with E-state index in [1.165, 1.54) is 11.5 Å². The molecule has 6 heteroatoms. The van der Waals surface area contributed by atoms with Crippen LogP contribution in [0, 0.1) is 0 Å². The SMILES string of the molecule is CC(C)c1nnsc1C(O)CCc1nccn1C. The fraction of sp³-hybridized carbons (Fsp3) is 0.583. The third kappa shape index (κ3) is 2.76. The molecule has 0 spiro atoms. The van der Waals surface area contributed by atoms with Crippen molar-refractivity contribution in [3.05, 3.63) is 28.8 Å². The van der Waals surface area contributed by atoms with Gasteiger partial charge >= 0.3 is 0 Å². The first-order valence-corrected chi connectivity index (χ1v) is 6.83. The molecular formula is C12H18N4OS. The Kier molecular flexibility index (Phi) is 4.08. The minimum atomic E-state index is -0.501. The number of aliphatic hydroxyl groups is 1. The number of aliphatic hydroxyl groups excluding tert-OH is 1. The maximum absolute atomic E-state index is 10.2. The molecule has 0 radical (unpaired) electrons.